The second-order valence-corrected chi connectivity index (χ2v) is 7.67. The third kappa shape index (κ3) is 9.09. The SMILES string of the molecule is CCCCCC(C)/C(C)=C/c1ccccc1C.CCc1cccc(CC)c1. The first-order valence-corrected chi connectivity index (χ1v) is 10.8. The molecule has 0 amide bonds. The van der Waals surface area contributed by atoms with Crippen molar-refractivity contribution in [3.05, 3.63) is 76.4 Å². The van der Waals surface area contributed by atoms with E-state index in [1.807, 2.05) is 0 Å². The third-order valence-electron chi connectivity index (χ3n) is 5.40. The lowest BCUT2D eigenvalue weighted by Gasteiger charge is -2.12. The third-order valence-corrected chi connectivity index (χ3v) is 5.40. The number of hydrogen-bond donors (Lipinski definition) is 0. The van der Waals surface area contributed by atoms with Gasteiger partial charge in [-0.2, -0.15) is 0 Å². The van der Waals surface area contributed by atoms with Gasteiger partial charge < -0.3 is 0 Å². The van der Waals surface area contributed by atoms with E-state index in [4.69, 9.17) is 0 Å². The van der Waals surface area contributed by atoms with Crippen LogP contribution in [0.1, 0.15) is 82.6 Å². The standard InChI is InChI=1S/C17H26.C10H14/c1-5-6-7-10-14(2)16(4)13-17-12-9-8-11-15(17)3;1-3-9-6-5-7-10(4-2)8-9/h8-9,11-14H,5-7,10H2,1-4H3;5-8H,3-4H2,1-2H3/b16-13+;. The van der Waals surface area contributed by atoms with Gasteiger partial charge in [-0.15, -0.1) is 0 Å². The van der Waals surface area contributed by atoms with Gasteiger partial charge in [-0.1, -0.05) is 107 Å². The largest absolute Gasteiger partial charge is 0.0699 e. The Morgan fingerprint density at radius 3 is 2.07 bits per heavy atom. The van der Waals surface area contributed by atoms with Gasteiger partial charge in [0.25, 0.3) is 0 Å². The first kappa shape index (κ1) is 23.2. The van der Waals surface area contributed by atoms with Gasteiger partial charge in [0.2, 0.25) is 0 Å². The summed E-state index contributed by atoms with van der Waals surface area (Å²) in [6.45, 7) is 13.4. The average Bonchev–Trinajstić information content (AvgIpc) is 2.70. The monoisotopic (exact) mass is 364 g/mol. The van der Waals surface area contributed by atoms with Crippen LogP contribution in [0.3, 0.4) is 0 Å². The van der Waals surface area contributed by atoms with Crippen LogP contribution >= 0.6 is 0 Å². The lowest BCUT2D eigenvalue weighted by Crippen LogP contribution is -1.96. The number of allylic oxidation sites excluding steroid dienone is 1. The molecule has 2 aromatic rings. The van der Waals surface area contributed by atoms with E-state index in [1.54, 1.807) is 0 Å². The number of hydrogen-bond acceptors (Lipinski definition) is 0. The zero-order chi connectivity index (χ0) is 20.1. The molecule has 0 heterocycles. The van der Waals surface area contributed by atoms with Crippen LogP contribution < -0.4 is 0 Å². The van der Waals surface area contributed by atoms with E-state index >= 15 is 0 Å². The molecule has 1 atom stereocenters. The molecular weight excluding hydrogens is 324 g/mol. The predicted molar refractivity (Wildman–Crippen MR) is 123 cm³/mol. The van der Waals surface area contributed by atoms with Crippen LogP contribution in [-0.2, 0) is 12.8 Å². The highest BCUT2D eigenvalue weighted by atomic mass is 14.1. The lowest BCUT2D eigenvalue weighted by molar-refractivity contribution is 0.556. The first-order chi connectivity index (χ1) is 13.0. The normalized spacial score (nSPS) is 12.3. The van der Waals surface area contributed by atoms with E-state index in [-0.39, 0.29) is 0 Å². The van der Waals surface area contributed by atoms with E-state index in [1.165, 1.54) is 53.5 Å². The highest BCUT2D eigenvalue weighted by Gasteiger charge is 2.04. The molecule has 0 heteroatoms. The van der Waals surface area contributed by atoms with Crippen molar-refractivity contribution in [3.8, 4) is 0 Å². The summed E-state index contributed by atoms with van der Waals surface area (Å²) in [4.78, 5) is 0. The maximum atomic E-state index is 2.35. The highest BCUT2D eigenvalue weighted by Crippen LogP contribution is 2.21. The Morgan fingerprint density at radius 1 is 0.889 bits per heavy atom. The molecular formula is C27H40. The average molecular weight is 365 g/mol. The molecule has 0 aliphatic rings. The van der Waals surface area contributed by atoms with Crippen LogP contribution in [0.15, 0.2) is 54.1 Å². The summed E-state index contributed by atoms with van der Waals surface area (Å²) in [5, 5.41) is 0. The molecule has 0 spiro atoms. The number of rotatable bonds is 8. The van der Waals surface area contributed by atoms with Crippen molar-refractivity contribution in [1.82, 2.24) is 0 Å². The molecule has 1 unspecified atom stereocenters. The number of unbranched alkanes of at least 4 members (excludes halogenated alkanes) is 2. The molecule has 2 aromatic carbocycles. The van der Waals surface area contributed by atoms with Gasteiger partial charge >= 0.3 is 0 Å². The smallest absolute Gasteiger partial charge is 0.0228 e. The van der Waals surface area contributed by atoms with Crippen molar-refractivity contribution in [3.63, 3.8) is 0 Å². The van der Waals surface area contributed by atoms with Crippen LogP contribution in [0.25, 0.3) is 6.08 Å². The lowest BCUT2D eigenvalue weighted by atomic mass is 9.93. The van der Waals surface area contributed by atoms with E-state index in [9.17, 15) is 0 Å². The maximum absolute atomic E-state index is 2.35. The summed E-state index contributed by atoms with van der Waals surface area (Å²) in [7, 11) is 0. The van der Waals surface area contributed by atoms with Crippen LogP contribution in [0.2, 0.25) is 0 Å². The topological polar surface area (TPSA) is 0 Å². The van der Waals surface area contributed by atoms with Gasteiger partial charge in [0, 0.05) is 0 Å². The molecule has 0 N–H and O–H groups in total. The van der Waals surface area contributed by atoms with Gasteiger partial charge in [-0.05, 0) is 61.3 Å². The van der Waals surface area contributed by atoms with Gasteiger partial charge in [0.05, 0.1) is 0 Å². The van der Waals surface area contributed by atoms with Crippen molar-refractivity contribution < 1.29 is 0 Å². The Balaban J connectivity index is 0.000000309. The highest BCUT2D eigenvalue weighted by molar-refractivity contribution is 5.56. The van der Waals surface area contributed by atoms with Crippen LogP contribution in [0.4, 0.5) is 0 Å². The Hall–Kier alpha value is -1.82. The molecule has 0 bridgehead atoms. The van der Waals surface area contributed by atoms with E-state index in [0.717, 1.165) is 12.8 Å². The Kier molecular flexibility index (Phi) is 11.5. The predicted octanol–water partition coefficient (Wildman–Crippen LogP) is 8.43. The summed E-state index contributed by atoms with van der Waals surface area (Å²) in [5.41, 5.74) is 7.13. The molecule has 148 valence electrons. The fraction of sp³-hybridized carbons (Fsp3) is 0.481. The molecule has 0 radical (unpaired) electrons. The number of aryl methyl sites for hydroxylation is 3. The van der Waals surface area contributed by atoms with E-state index < -0.39 is 0 Å². The molecule has 0 fully saturated rings. The summed E-state index contributed by atoms with van der Waals surface area (Å²) >= 11 is 0. The van der Waals surface area contributed by atoms with E-state index in [2.05, 4.69) is 96.1 Å². The molecule has 0 saturated heterocycles. The molecule has 0 aliphatic heterocycles. The van der Waals surface area contributed by atoms with Crippen LogP contribution in [-0.4, -0.2) is 0 Å². The minimum atomic E-state index is 0.709. The first-order valence-electron chi connectivity index (χ1n) is 10.8. The maximum Gasteiger partial charge on any atom is -0.0228 e. The summed E-state index contributed by atoms with van der Waals surface area (Å²) in [5.74, 6) is 0.709. The quantitative estimate of drug-likeness (QED) is 0.412. The zero-order valence-electron chi connectivity index (χ0n) is 18.5. The molecule has 0 saturated carbocycles. The second-order valence-electron chi connectivity index (χ2n) is 7.67. The van der Waals surface area contributed by atoms with Crippen molar-refractivity contribution in [2.24, 2.45) is 5.92 Å². The summed E-state index contributed by atoms with van der Waals surface area (Å²) in [6, 6.07) is 17.4. The van der Waals surface area contributed by atoms with Gasteiger partial charge in [-0.3, -0.25) is 0 Å². The second kappa shape index (κ2) is 13.4. The zero-order valence-corrected chi connectivity index (χ0v) is 18.5. The fourth-order valence-electron chi connectivity index (χ4n) is 3.13. The molecule has 0 aromatic heterocycles. The Morgan fingerprint density at radius 2 is 1.52 bits per heavy atom. The van der Waals surface area contributed by atoms with Crippen LogP contribution in [0.5, 0.6) is 0 Å². The van der Waals surface area contributed by atoms with Crippen molar-refractivity contribution in [2.45, 2.75) is 80.1 Å². The Bertz CT molecular complexity index is 659. The van der Waals surface area contributed by atoms with Gasteiger partial charge in [0.1, 0.15) is 0 Å². The van der Waals surface area contributed by atoms with Crippen LogP contribution in [0, 0.1) is 12.8 Å². The van der Waals surface area contributed by atoms with Crippen molar-refractivity contribution in [1.29, 1.82) is 0 Å². The van der Waals surface area contributed by atoms with Gasteiger partial charge in [-0.25, -0.2) is 0 Å². The van der Waals surface area contributed by atoms with E-state index in [0.29, 0.717) is 5.92 Å². The van der Waals surface area contributed by atoms with Crippen molar-refractivity contribution >= 4 is 6.08 Å². The molecule has 2 rings (SSSR count). The van der Waals surface area contributed by atoms with Gasteiger partial charge in [0.15, 0.2) is 0 Å². The molecule has 0 aliphatic carbocycles. The summed E-state index contributed by atoms with van der Waals surface area (Å²) < 4.78 is 0. The minimum absolute atomic E-state index is 0.709. The Labute approximate surface area is 168 Å². The summed E-state index contributed by atoms with van der Waals surface area (Å²) in [6.07, 6.45) is 10.0. The molecule has 0 nitrogen and oxygen atoms in total. The van der Waals surface area contributed by atoms with Crippen molar-refractivity contribution in [2.75, 3.05) is 0 Å². The number of benzene rings is 2. The minimum Gasteiger partial charge on any atom is -0.0699 e. The fourth-order valence-corrected chi connectivity index (χ4v) is 3.13. The molecule has 27 heavy (non-hydrogen) atoms.